The maximum absolute atomic E-state index is 12.7. The number of para-hydroxylation sites is 1. The van der Waals surface area contributed by atoms with Crippen LogP contribution in [0.4, 0.5) is 4.39 Å². The van der Waals surface area contributed by atoms with Crippen LogP contribution in [0.2, 0.25) is 0 Å². The van der Waals surface area contributed by atoms with E-state index in [4.69, 9.17) is 9.47 Å². The van der Waals surface area contributed by atoms with E-state index in [1.165, 1.54) is 24.3 Å². The van der Waals surface area contributed by atoms with Gasteiger partial charge in [0.1, 0.15) is 24.8 Å². The van der Waals surface area contributed by atoms with E-state index in [9.17, 15) is 9.18 Å². The average Bonchev–Trinajstić information content (AvgIpc) is 2.48. The van der Waals surface area contributed by atoms with E-state index in [1.807, 2.05) is 30.3 Å². The number of Topliss-reactive ketones (excluding diaryl/α,β-unsaturated/α-hetero) is 1. The van der Waals surface area contributed by atoms with E-state index in [0.29, 0.717) is 18.8 Å². The molecule has 0 aromatic heterocycles. The molecule has 0 bridgehead atoms. The Morgan fingerprint density at radius 1 is 0.950 bits per heavy atom. The van der Waals surface area contributed by atoms with Crippen molar-refractivity contribution in [3.8, 4) is 5.75 Å². The normalized spacial score (nSPS) is 10.2. The van der Waals surface area contributed by atoms with Gasteiger partial charge in [-0.05, 0) is 36.4 Å². The molecule has 2 aromatic carbocycles. The Labute approximate surface area is 117 Å². The van der Waals surface area contributed by atoms with Gasteiger partial charge in [0.2, 0.25) is 0 Å². The summed E-state index contributed by atoms with van der Waals surface area (Å²) >= 11 is 0. The second kappa shape index (κ2) is 7.40. The van der Waals surface area contributed by atoms with Crippen LogP contribution in [0.15, 0.2) is 54.6 Å². The highest BCUT2D eigenvalue weighted by Gasteiger charge is 2.05. The summed E-state index contributed by atoms with van der Waals surface area (Å²) in [6, 6.07) is 14.8. The summed E-state index contributed by atoms with van der Waals surface area (Å²) in [5.41, 5.74) is 0.440. The van der Waals surface area contributed by atoms with Crippen molar-refractivity contribution in [1.29, 1.82) is 0 Å². The van der Waals surface area contributed by atoms with Crippen molar-refractivity contribution in [1.82, 2.24) is 0 Å². The fourth-order valence-electron chi connectivity index (χ4n) is 1.62. The SMILES string of the molecule is O=C(COCCOc1ccccc1)c1ccc(F)cc1. The van der Waals surface area contributed by atoms with Gasteiger partial charge in [0.15, 0.2) is 5.78 Å². The lowest BCUT2D eigenvalue weighted by Crippen LogP contribution is -2.13. The molecule has 2 aromatic rings. The van der Waals surface area contributed by atoms with Crippen LogP contribution in [-0.4, -0.2) is 25.6 Å². The second-order valence-corrected chi connectivity index (χ2v) is 4.14. The van der Waals surface area contributed by atoms with E-state index in [0.717, 1.165) is 5.75 Å². The summed E-state index contributed by atoms with van der Waals surface area (Å²) in [5, 5.41) is 0. The summed E-state index contributed by atoms with van der Waals surface area (Å²) in [7, 11) is 0. The molecule has 0 amide bonds. The predicted octanol–water partition coefficient (Wildman–Crippen LogP) is 3.10. The average molecular weight is 274 g/mol. The molecule has 0 aliphatic carbocycles. The molecule has 3 nitrogen and oxygen atoms in total. The molecular formula is C16H15FO3. The fourth-order valence-corrected chi connectivity index (χ4v) is 1.62. The van der Waals surface area contributed by atoms with E-state index in [-0.39, 0.29) is 18.2 Å². The van der Waals surface area contributed by atoms with E-state index in [2.05, 4.69) is 0 Å². The lowest BCUT2D eigenvalue weighted by molar-refractivity contribution is 0.0688. The molecule has 4 heteroatoms. The number of ketones is 1. The molecular weight excluding hydrogens is 259 g/mol. The molecule has 0 radical (unpaired) electrons. The van der Waals surface area contributed by atoms with Gasteiger partial charge >= 0.3 is 0 Å². The van der Waals surface area contributed by atoms with Crippen LogP contribution < -0.4 is 4.74 Å². The van der Waals surface area contributed by atoms with Crippen LogP contribution in [0, 0.1) is 5.82 Å². The third-order valence-electron chi connectivity index (χ3n) is 2.64. The standard InChI is InChI=1S/C16H15FO3/c17-14-8-6-13(7-9-14)16(18)12-19-10-11-20-15-4-2-1-3-5-15/h1-9H,10-12H2. The van der Waals surface area contributed by atoms with Gasteiger partial charge in [0, 0.05) is 5.56 Å². The van der Waals surface area contributed by atoms with Crippen LogP contribution in [0.1, 0.15) is 10.4 Å². The van der Waals surface area contributed by atoms with Gasteiger partial charge in [-0.25, -0.2) is 4.39 Å². The second-order valence-electron chi connectivity index (χ2n) is 4.14. The summed E-state index contributed by atoms with van der Waals surface area (Å²) in [5.74, 6) is 0.226. The minimum absolute atomic E-state index is 0.0379. The van der Waals surface area contributed by atoms with Crippen molar-refractivity contribution in [3.63, 3.8) is 0 Å². The lowest BCUT2D eigenvalue weighted by Gasteiger charge is -2.06. The first kappa shape index (κ1) is 14.2. The first-order valence-corrected chi connectivity index (χ1v) is 6.30. The molecule has 20 heavy (non-hydrogen) atoms. The number of benzene rings is 2. The summed E-state index contributed by atoms with van der Waals surface area (Å²) in [4.78, 5) is 11.7. The van der Waals surface area contributed by atoms with Crippen molar-refractivity contribution < 1.29 is 18.7 Å². The molecule has 0 saturated heterocycles. The lowest BCUT2D eigenvalue weighted by atomic mass is 10.1. The molecule has 0 heterocycles. The molecule has 0 saturated carbocycles. The number of hydrogen-bond acceptors (Lipinski definition) is 3. The van der Waals surface area contributed by atoms with Crippen LogP contribution in [0.3, 0.4) is 0 Å². The molecule has 0 atom stereocenters. The number of rotatable bonds is 7. The topological polar surface area (TPSA) is 35.5 Å². The van der Waals surface area contributed by atoms with Gasteiger partial charge in [0.05, 0.1) is 6.61 Å². The zero-order valence-electron chi connectivity index (χ0n) is 10.9. The van der Waals surface area contributed by atoms with Gasteiger partial charge in [-0.3, -0.25) is 4.79 Å². The maximum Gasteiger partial charge on any atom is 0.188 e. The molecule has 104 valence electrons. The number of halogens is 1. The summed E-state index contributed by atoms with van der Waals surface area (Å²) < 4.78 is 23.4. The minimum Gasteiger partial charge on any atom is -0.491 e. The highest BCUT2D eigenvalue weighted by atomic mass is 19.1. The predicted molar refractivity (Wildman–Crippen MR) is 73.5 cm³/mol. The Hall–Kier alpha value is -2.20. The van der Waals surface area contributed by atoms with Crippen molar-refractivity contribution in [3.05, 3.63) is 66.0 Å². The van der Waals surface area contributed by atoms with E-state index >= 15 is 0 Å². The highest BCUT2D eigenvalue weighted by Crippen LogP contribution is 2.08. The third kappa shape index (κ3) is 4.48. The van der Waals surface area contributed by atoms with Crippen molar-refractivity contribution in [2.45, 2.75) is 0 Å². The largest absolute Gasteiger partial charge is 0.491 e. The van der Waals surface area contributed by atoms with Gasteiger partial charge < -0.3 is 9.47 Å². The molecule has 0 aliphatic heterocycles. The quantitative estimate of drug-likeness (QED) is 0.575. The first-order chi connectivity index (χ1) is 9.75. The Morgan fingerprint density at radius 3 is 2.35 bits per heavy atom. The van der Waals surface area contributed by atoms with Crippen LogP contribution in [0.5, 0.6) is 5.75 Å². The monoisotopic (exact) mass is 274 g/mol. The Bertz CT molecular complexity index is 537. The molecule has 0 N–H and O–H groups in total. The van der Waals surface area contributed by atoms with E-state index < -0.39 is 0 Å². The van der Waals surface area contributed by atoms with Crippen molar-refractivity contribution >= 4 is 5.78 Å². The Kier molecular flexibility index (Phi) is 5.26. The number of hydrogen-bond donors (Lipinski definition) is 0. The number of carbonyl (C=O) groups excluding carboxylic acids is 1. The molecule has 2 rings (SSSR count). The fraction of sp³-hybridized carbons (Fsp3) is 0.188. The van der Waals surface area contributed by atoms with Crippen molar-refractivity contribution in [2.75, 3.05) is 19.8 Å². The molecule has 0 aliphatic rings. The van der Waals surface area contributed by atoms with Crippen LogP contribution >= 0.6 is 0 Å². The molecule has 0 unspecified atom stereocenters. The zero-order valence-corrected chi connectivity index (χ0v) is 10.9. The molecule has 0 spiro atoms. The minimum atomic E-state index is -0.362. The maximum atomic E-state index is 12.7. The van der Waals surface area contributed by atoms with Gasteiger partial charge in [-0.15, -0.1) is 0 Å². The van der Waals surface area contributed by atoms with Crippen molar-refractivity contribution in [2.24, 2.45) is 0 Å². The summed E-state index contributed by atoms with van der Waals surface area (Å²) in [6.07, 6.45) is 0. The van der Waals surface area contributed by atoms with Crippen LogP contribution in [0.25, 0.3) is 0 Å². The van der Waals surface area contributed by atoms with Gasteiger partial charge in [0.25, 0.3) is 0 Å². The van der Waals surface area contributed by atoms with Crippen LogP contribution in [-0.2, 0) is 4.74 Å². The van der Waals surface area contributed by atoms with Gasteiger partial charge in [-0.1, -0.05) is 18.2 Å². The zero-order chi connectivity index (χ0) is 14.2. The first-order valence-electron chi connectivity index (χ1n) is 6.30. The van der Waals surface area contributed by atoms with Gasteiger partial charge in [-0.2, -0.15) is 0 Å². The van der Waals surface area contributed by atoms with E-state index in [1.54, 1.807) is 0 Å². The summed E-state index contributed by atoms with van der Waals surface area (Å²) in [6.45, 7) is 0.659. The smallest absolute Gasteiger partial charge is 0.188 e. The number of carbonyl (C=O) groups is 1. The highest BCUT2D eigenvalue weighted by molar-refractivity contribution is 5.97. The Balaban J connectivity index is 1.66. The Morgan fingerprint density at radius 2 is 1.65 bits per heavy atom. The number of ether oxygens (including phenoxy) is 2. The third-order valence-corrected chi connectivity index (χ3v) is 2.64. The molecule has 0 fully saturated rings.